The van der Waals surface area contributed by atoms with E-state index in [-0.39, 0.29) is 5.82 Å². The van der Waals surface area contributed by atoms with Crippen molar-refractivity contribution in [2.45, 2.75) is 25.7 Å². The maximum atomic E-state index is 13.2. The molecule has 1 fully saturated rings. The number of hydrogen-bond acceptors (Lipinski definition) is 4. The molecular formula is C14H15FN4. The zero-order valence-corrected chi connectivity index (χ0v) is 10.7. The van der Waals surface area contributed by atoms with E-state index in [0.29, 0.717) is 23.1 Å². The van der Waals surface area contributed by atoms with Gasteiger partial charge in [-0.1, -0.05) is 0 Å². The quantitative estimate of drug-likeness (QED) is 0.887. The number of nitrogens with one attached hydrogen (secondary N) is 1. The number of anilines is 3. The lowest BCUT2D eigenvalue weighted by Crippen LogP contribution is -2.03. The molecule has 0 radical (unpaired) electrons. The van der Waals surface area contributed by atoms with Gasteiger partial charge in [-0.2, -0.15) is 0 Å². The van der Waals surface area contributed by atoms with E-state index in [1.165, 1.54) is 6.07 Å². The van der Waals surface area contributed by atoms with Gasteiger partial charge in [-0.05, 0) is 43.5 Å². The van der Waals surface area contributed by atoms with Gasteiger partial charge >= 0.3 is 0 Å². The molecule has 5 heteroatoms. The van der Waals surface area contributed by atoms with Crippen LogP contribution >= 0.6 is 0 Å². The van der Waals surface area contributed by atoms with E-state index in [9.17, 15) is 4.39 Å². The van der Waals surface area contributed by atoms with E-state index in [2.05, 4.69) is 15.3 Å². The minimum atomic E-state index is -0.216. The molecule has 4 nitrogen and oxygen atoms in total. The molecule has 1 saturated carbocycles. The van der Waals surface area contributed by atoms with Crippen molar-refractivity contribution in [1.29, 1.82) is 0 Å². The van der Waals surface area contributed by atoms with E-state index in [0.717, 1.165) is 24.4 Å². The summed E-state index contributed by atoms with van der Waals surface area (Å²) in [6.45, 7) is 1.73. The van der Waals surface area contributed by atoms with Gasteiger partial charge in [0.1, 0.15) is 23.3 Å². The van der Waals surface area contributed by atoms with E-state index >= 15 is 0 Å². The Hall–Kier alpha value is -2.17. The number of halogens is 1. The van der Waals surface area contributed by atoms with Gasteiger partial charge in [0.2, 0.25) is 0 Å². The van der Waals surface area contributed by atoms with Crippen molar-refractivity contribution in [3.63, 3.8) is 0 Å². The van der Waals surface area contributed by atoms with Crippen LogP contribution in [0.1, 0.15) is 30.1 Å². The molecule has 3 rings (SSSR count). The highest BCUT2D eigenvalue weighted by molar-refractivity contribution is 5.59. The Kier molecular flexibility index (Phi) is 2.81. The second kappa shape index (κ2) is 4.50. The first kappa shape index (κ1) is 11.9. The SMILES string of the molecule is Cc1cc(Nc2cc(N)nc(C3CC3)n2)ccc1F. The topological polar surface area (TPSA) is 63.8 Å². The van der Waals surface area contributed by atoms with Crippen molar-refractivity contribution in [2.24, 2.45) is 0 Å². The third kappa shape index (κ3) is 2.65. The molecule has 0 amide bonds. The lowest BCUT2D eigenvalue weighted by Gasteiger charge is -2.09. The van der Waals surface area contributed by atoms with Crippen LogP contribution in [0.4, 0.5) is 21.7 Å². The van der Waals surface area contributed by atoms with E-state index < -0.39 is 0 Å². The molecule has 0 unspecified atom stereocenters. The molecular weight excluding hydrogens is 243 g/mol. The van der Waals surface area contributed by atoms with Crippen LogP contribution in [0.15, 0.2) is 24.3 Å². The Balaban J connectivity index is 1.87. The minimum Gasteiger partial charge on any atom is -0.384 e. The van der Waals surface area contributed by atoms with Crippen LogP contribution in [0.3, 0.4) is 0 Å². The zero-order chi connectivity index (χ0) is 13.4. The minimum absolute atomic E-state index is 0.216. The number of aromatic nitrogens is 2. The Labute approximate surface area is 110 Å². The second-order valence-electron chi connectivity index (χ2n) is 4.90. The summed E-state index contributed by atoms with van der Waals surface area (Å²) in [5.41, 5.74) is 7.16. The molecule has 1 aromatic heterocycles. The number of hydrogen-bond donors (Lipinski definition) is 2. The van der Waals surface area contributed by atoms with Crippen LogP contribution in [0.2, 0.25) is 0 Å². The molecule has 1 aliphatic rings. The standard InChI is InChI=1S/C14H15FN4/c1-8-6-10(4-5-11(8)15)17-13-7-12(16)18-14(19-13)9-2-3-9/h4-7,9H,2-3H2,1H3,(H3,16,17,18,19). The first-order valence-electron chi connectivity index (χ1n) is 6.29. The van der Waals surface area contributed by atoms with Gasteiger partial charge in [0.15, 0.2) is 0 Å². The molecule has 98 valence electrons. The number of aryl methyl sites for hydroxylation is 1. The predicted molar refractivity (Wildman–Crippen MR) is 72.8 cm³/mol. The first-order chi connectivity index (χ1) is 9.11. The van der Waals surface area contributed by atoms with E-state index in [4.69, 9.17) is 5.73 Å². The second-order valence-corrected chi connectivity index (χ2v) is 4.90. The average Bonchev–Trinajstić information content (AvgIpc) is 3.17. The molecule has 2 aromatic rings. The lowest BCUT2D eigenvalue weighted by atomic mass is 10.2. The van der Waals surface area contributed by atoms with Gasteiger partial charge < -0.3 is 11.1 Å². The van der Waals surface area contributed by atoms with Crippen LogP contribution in [-0.2, 0) is 0 Å². The Morgan fingerprint density at radius 2 is 2.05 bits per heavy atom. The highest BCUT2D eigenvalue weighted by atomic mass is 19.1. The van der Waals surface area contributed by atoms with Crippen LogP contribution in [0, 0.1) is 12.7 Å². The van der Waals surface area contributed by atoms with Gasteiger partial charge in [-0.15, -0.1) is 0 Å². The maximum Gasteiger partial charge on any atom is 0.136 e. The van der Waals surface area contributed by atoms with Crippen LogP contribution in [-0.4, -0.2) is 9.97 Å². The van der Waals surface area contributed by atoms with Crippen molar-refractivity contribution in [3.8, 4) is 0 Å². The Morgan fingerprint density at radius 1 is 1.26 bits per heavy atom. The van der Waals surface area contributed by atoms with Gasteiger partial charge in [0.05, 0.1) is 0 Å². The Bertz CT molecular complexity index is 623. The molecule has 0 spiro atoms. The summed E-state index contributed by atoms with van der Waals surface area (Å²) in [4.78, 5) is 8.68. The highest BCUT2D eigenvalue weighted by Gasteiger charge is 2.27. The fraction of sp³-hybridized carbons (Fsp3) is 0.286. The molecule has 3 N–H and O–H groups in total. The fourth-order valence-corrected chi connectivity index (χ4v) is 1.94. The molecule has 0 saturated heterocycles. The van der Waals surface area contributed by atoms with Crippen LogP contribution < -0.4 is 11.1 Å². The lowest BCUT2D eigenvalue weighted by molar-refractivity contribution is 0.619. The summed E-state index contributed by atoms with van der Waals surface area (Å²) in [7, 11) is 0. The molecule has 1 heterocycles. The summed E-state index contributed by atoms with van der Waals surface area (Å²) in [5.74, 6) is 2.13. The predicted octanol–water partition coefficient (Wildman–Crippen LogP) is 3.13. The summed E-state index contributed by atoms with van der Waals surface area (Å²) in [5, 5.41) is 3.14. The average molecular weight is 258 g/mol. The molecule has 0 aliphatic heterocycles. The third-order valence-electron chi connectivity index (χ3n) is 3.14. The van der Waals surface area contributed by atoms with Crippen molar-refractivity contribution >= 4 is 17.3 Å². The van der Waals surface area contributed by atoms with Gasteiger partial charge in [-0.25, -0.2) is 14.4 Å². The summed E-state index contributed by atoms with van der Waals surface area (Å²) < 4.78 is 13.2. The fourth-order valence-electron chi connectivity index (χ4n) is 1.94. The Morgan fingerprint density at radius 3 is 2.74 bits per heavy atom. The van der Waals surface area contributed by atoms with Crippen molar-refractivity contribution in [1.82, 2.24) is 9.97 Å². The van der Waals surface area contributed by atoms with Gasteiger partial charge in [-0.3, -0.25) is 0 Å². The smallest absolute Gasteiger partial charge is 0.136 e. The van der Waals surface area contributed by atoms with Crippen molar-refractivity contribution in [2.75, 3.05) is 11.1 Å². The largest absolute Gasteiger partial charge is 0.384 e. The molecule has 1 aliphatic carbocycles. The number of benzene rings is 1. The zero-order valence-electron chi connectivity index (χ0n) is 10.7. The molecule has 0 atom stereocenters. The molecule has 0 bridgehead atoms. The third-order valence-corrected chi connectivity index (χ3v) is 3.14. The summed E-state index contributed by atoms with van der Waals surface area (Å²) in [6.07, 6.45) is 2.25. The number of rotatable bonds is 3. The molecule has 1 aromatic carbocycles. The molecule has 19 heavy (non-hydrogen) atoms. The van der Waals surface area contributed by atoms with E-state index in [1.807, 2.05) is 0 Å². The highest BCUT2D eigenvalue weighted by Crippen LogP contribution is 2.38. The first-order valence-corrected chi connectivity index (χ1v) is 6.29. The summed E-state index contributed by atoms with van der Waals surface area (Å²) in [6, 6.07) is 6.54. The monoisotopic (exact) mass is 258 g/mol. The number of nitrogens with zero attached hydrogens (tertiary/aromatic N) is 2. The number of nitrogens with two attached hydrogens (primary N) is 1. The van der Waals surface area contributed by atoms with E-state index in [1.54, 1.807) is 25.1 Å². The van der Waals surface area contributed by atoms with Crippen LogP contribution in [0.5, 0.6) is 0 Å². The van der Waals surface area contributed by atoms with Crippen LogP contribution in [0.25, 0.3) is 0 Å². The van der Waals surface area contributed by atoms with Gasteiger partial charge in [0, 0.05) is 17.7 Å². The normalized spacial score (nSPS) is 14.4. The van der Waals surface area contributed by atoms with Crippen molar-refractivity contribution in [3.05, 3.63) is 41.5 Å². The maximum absolute atomic E-state index is 13.2. The van der Waals surface area contributed by atoms with Crippen molar-refractivity contribution < 1.29 is 4.39 Å². The van der Waals surface area contributed by atoms with Gasteiger partial charge in [0.25, 0.3) is 0 Å². The number of nitrogen functional groups attached to an aromatic ring is 1. The summed E-state index contributed by atoms with van der Waals surface area (Å²) >= 11 is 0.